The molecule has 1 aliphatic carbocycles. The highest BCUT2D eigenvalue weighted by Crippen LogP contribution is 2.41. The average Bonchev–Trinajstić information content (AvgIpc) is 3.18. The van der Waals surface area contributed by atoms with Gasteiger partial charge in [0.25, 0.3) is 0 Å². The number of piperidine rings is 1. The molecule has 0 aromatic heterocycles. The maximum atomic E-state index is 14.6. The van der Waals surface area contributed by atoms with Gasteiger partial charge in [0.1, 0.15) is 29.8 Å². The van der Waals surface area contributed by atoms with Crippen LogP contribution in [0.5, 0.6) is 0 Å². The summed E-state index contributed by atoms with van der Waals surface area (Å²) < 4.78 is 68.2. The van der Waals surface area contributed by atoms with Crippen molar-refractivity contribution in [3.8, 4) is 0 Å². The van der Waals surface area contributed by atoms with Crippen molar-refractivity contribution in [2.75, 3.05) is 27.9 Å². The lowest BCUT2D eigenvalue weighted by Gasteiger charge is -2.50. The van der Waals surface area contributed by atoms with Gasteiger partial charge in [-0.3, -0.25) is 14.1 Å². The molecule has 14 atom stereocenters. The molecule has 1 unspecified atom stereocenters. The van der Waals surface area contributed by atoms with Gasteiger partial charge >= 0.3 is 16.3 Å². The number of aliphatic hydroxyl groups is 2. The third kappa shape index (κ3) is 13.0. The molecule has 0 aromatic carbocycles. The number of Topliss-reactive ketones (excluding diaryl/α,β-unsaturated/α-hetero) is 1. The first-order chi connectivity index (χ1) is 28.3. The number of hydrogen-bond acceptors (Lipinski definition) is 12. The molecular formula is C44H72N2O13S. The molecule has 342 valence electrons. The van der Waals surface area contributed by atoms with E-state index in [1.165, 1.54) is 19.1 Å². The number of amides is 1. The Balaban J connectivity index is 1.82. The fraction of sp³-hybridized carbons (Fsp3) is 0.795. The number of ketones is 1. The summed E-state index contributed by atoms with van der Waals surface area (Å²) in [7, 11) is -0.329. The summed E-state index contributed by atoms with van der Waals surface area (Å²) in [6.07, 6.45) is 4.45. The topological polar surface area (TPSA) is 207 Å². The van der Waals surface area contributed by atoms with Crippen LogP contribution in [0.1, 0.15) is 112 Å². The number of allylic oxidation sites excluding steroid dienone is 4. The lowest BCUT2D eigenvalue weighted by Crippen LogP contribution is -2.66. The lowest BCUT2D eigenvalue weighted by molar-refractivity contribution is -0.246. The molecule has 15 nitrogen and oxygen atoms in total. The van der Waals surface area contributed by atoms with Crippen molar-refractivity contribution in [2.45, 2.75) is 166 Å². The summed E-state index contributed by atoms with van der Waals surface area (Å²) in [5.74, 6) is -3.48. The Morgan fingerprint density at radius 2 is 1.63 bits per heavy atom. The molecule has 60 heavy (non-hydrogen) atoms. The van der Waals surface area contributed by atoms with Crippen LogP contribution < -0.4 is 4.72 Å². The van der Waals surface area contributed by atoms with Crippen LogP contribution in [0.15, 0.2) is 36.0 Å². The quantitative estimate of drug-likeness (QED) is 0.139. The predicted octanol–water partition coefficient (Wildman–Crippen LogP) is 4.86. The Morgan fingerprint density at radius 1 is 0.967 bits per heavy atom. The highest BCUT2D eigenvalue weighted by molar-refractivity contribution is 7.83. The van der Waals surface area contributed by atoms with Crippen LogP contribution in [0.3, 0.4) is 0 Å². The van der Waals surface area contributed by atoms with Gasteiger partial charge in [-0.25, -0.2) is 4.79 Å². The van der Waals surface area contributed by atoms with Gasteiger partial charge in [-0.05, 0) is 95.5 Å². The van der Waals surface area contributed by atoms with E-state index in [9.17, 15) is 37.6 Å². The smallest absolute Gasteiger partial charge is 0.335 e. The molecule has 2 bridgehead atoms. The number of methoxy groups -OCH3 is 3. The average molecular weight is 869 g/mol. The summed E-state index contributed by atoms with van der Waals surface area (Å²) in [5, 5.41) is 22.2. The molecule has 0 aromatic rings. The van der Waals surface area contributed by atoms with Gasteiger partial charge in [0.2, 0.25) is 5.91 Å². The van der Waals surface area contributed by atoms with Crippen molar-refractivity contribution in [2.24, 2.45) is 29.6 Å². The Bertz CT molecular complexity index is 1650. The number of ether oxygens (including phenoxy) is 5. The molecule has 4 aliphatic rings. The van der Waals surface area contributed by atoms with Crippen molar-refractivity contribution in [3.05, 3.63) is 36.0 Å². The largest absolute Gasteiger partial charge is 0.456 e. The minimum atomic E-state index is -4.93. The first-order valence-corrected chi connectivity index (χ1v) is 23.1. The highest BCUT2D eigenvalue weighted by Gasteiger charge is 2.54. The molecular weight excluding hydrogens is 797 g/mol. The van der Waals surface area contributed by atoms with Crippen LogP contribution in [0.4, 0.5) is 0 Å². The first kappa shape index (κ1) is 50.1. The van der Waals surface area contributed by atoms with Crippen LogP contribution in [0.25, 0.3) is 0 Å². The summed E-state index contributed by atoms with van der Waals surface area (Å²) in [5.41, 5.74) is -0.336. The van der Waals surface area contributed by atoms with Gasteiger partial charge in [-0.2, -0.15) is 13.1 Å². The standard InChI is InChI=1S/C44H72N2O13S/c1-10-13-32-19-26(2)18-27(3)20-38(56-8)42-39(57-9)22-29(5)44(59-42,45-60(52,53)54)25-40(50)46-17-12-11-14-33(46)43(51)58-41(30(6)35(48)24-36(32)49)28(4)21-31-15-16-34(47)37(23-31)55-7/h10,19,21,27,29-35,37-39,41-42,45,47-48H,1,11-18,20,22-25H2,2-9H3,(H,52,53,54)/b26-19+,28-21+/t27-,29+,30+,31-,32+,33-,34+,35-,37+,38-,39-,41+,42+,44?/m0/s1. The zero-order valence-electron chi connectivity index (χ0n) is 36.9. The molecule has 16 heteroatoms. The van der Waals surface area contributed by atoms with E-state index in [0.29, 0.717) is 56.9 Å². The molecule has 1 saturated carbocycles. The monoisotopic (exact) mass is 868 g/mol. The zero-order chi connectivity index (χ0) is 44.5. The molecule has 3 aliphatic heterocycles. The van der Waals surface area contributed by atoms with Crippen LogP contribution in [-0.2, 0) is 48.4 Å². The van der Waals surface area contributed by atoms with Crippen molar-refractivity contribution in [1.29, 1.82) is 0 Å². The number of cyclic esters (lactones) is 1. The molecule has 2 saturated heterocycles. The Labute approximate surface area is 357 Å². The third-order valence-electron chi connectivity index (χ3n) is 13.3. The second kappa shape index (κ2) is 22.2. The number of hydrogen-bond donors (Lipinski definition) is 4. The second-order valence-corrected chi connectivity index (χ2v) is 19.1. The molecule has 3 heterocycles. The molecule has 4 rings (SSSR count). The number of esters is 1. The molecule has 0 spiro atoms. The van der Waals surface area contributed by atoms with E-state index in [0.717, 1.165) is 5.57 Å². The Morgan fingerprint density at radius 3 is 2.27 bits per heavy atom. The summed E-state index contributed by atoms with van der Waals surface area (Å²) in [6, 6.07) is -1.05. The Kier molecular flexibility index (Phi) is 18.5. The maximum Gasteiger partial charge on any atom is 0.335 e. The predicted molar refractivity (Wildman–Crippen MR) is 225 cm³/mol. The van der Waals surface area contributed by atoms with E-state index >= 15 is 0 Å². The van der Waals surface area contributed by atoms with Crippen molar-refractivity contribution in [3.63, 3.8) is 0 Å². The second-order valence-electron chi connectivity index (χ2n) is 18.0. The van der Waals surface area contributed by atoms with E-state index in [2.05, 4.69) is 11.3 Å². The van der Waals surface area contributed by atoms with E-state index in [1.807, 2.05) is 32.9 Å². The zero-order valence-corrected chi connectivity index (χ0v) is 37.7. The third-order valence-corrected chi connectivity index (χ3v) is 13.9. The summed E-state index contributed by atoms with van der Waals surface area (Å²) in [6.45, 7) is 13.3. The van der Waals surface area contributed by atoms with Crippen LogP contribution in [-0.4, -0.2) is 128 Å². The molecule has 1 amide bonds. The number of nitrogens with zero attached hydrogens (tertiary/aromatic N) is 1. The highest BCUT2D eigenvalue weighted by atomic mass is 32.2. The van der Waals surface area contributed by atoms with Gasteiger partial charge in [0.15, 0.2) is 0 Å². The van der Waals surface area contributed by atoms with Gasteiger partial charge < -0.3 is 38.8 Å². The number of nitrogens with one attached hydrogen (secondary N) is 1. The molecule has 4 N–H and O–H groups in total. The van der Waals surface area contributed by atoms with Gasteiger partial charge in [-0.1, -0.05) is 44.6 Å². The van der Waals surface area contributed by atoms with Crippen molar-refractivity contribution in [1.82, 2.24) is 9.62 Å². The van der Waals surface area contributed by atoms with Crippen LogP contribution in [0, 0.1) is 29.6 Å². The minimum Gasteiger partial charge on any atom is -0.456 e. The van der Waals surface area contributed by atoms with Crippen molar-refractivity contribution < 1.29 is 61.3 Å². The van der Waals surface area contributed by atoms with Gasteiger partial charge in [-0.15, -0.1) is 6.58 Å². The van der Waals surface area contributed by atoms with E-state index in [-0.39, 0.29) is 49.5 Å². The fourth-order valence-corrected chi connectivity index (χ4v) is 10.7. The minimum absolute atomic E-state index is 0.0170. The van der Waals surface area contributed by atoms with Gasteiger partial charge in [0.05, 0.1) is 36.9 Å². The van der Waals surface area contributed by atoms with Gasteiger partial charge in [0, 0.05) is 52.0 Å². The first-order valence-electron chi connectivity index (χ1n) is 21.6. The number of fused-ring (bicyclic) bond motifs is 3. The fourth-order valence-electron chi connectivity index (χ4n) is 9.91. The van der Waals surface area contributed by atoms with E-state index in [4.69, 9.17) is 23.7 Å². The SMILES string of the molecule is C=CC[C@@H]1/C=C(\C)C[C@H](C)C[C@H](OC)[C@H]2OC(NS(=O)(=O)O)(CC(=O)N3CCCC[C@H]3C(=O)O[C@H](/C(C)=C/[C@@H]3CC[C@@H](O)[C@H](OC)C3)[C@H](C)[C@@H](O)CC1=O)[C@H](C)C[C@@H]2OC. The summed E-state index contributed by atoms with van der Waals surface area (Å²) in [4.78, 5) is 44.4. The van der Waals surface area contributed by atoms with Crippen LogP contribution >= 0.6 is 0 Å². The lowest BCUT2D eigenvalue weighted by atomic mass is 9.81. The maximum absolute atomic E-state index is 14.6. The normalized spacial score (nSPS) is 39.8. The van der Waals surface area contributed by atoms with Crippen molar-refractivity contribution >= 4 is 28.0 Å². The molecule has 0 radical (unpaired) electrons. The summed E-state index contributed by atoms with van der Waals surface area (Å²) >= 11 is 0. The number of carbonyl (C=O) groups is 3. The van der Waals surface area contributed by atoms with E-state index in [1.54, 1.807) is 27.0 Å². The van der Waals surface area contributed by atoms with E-state index < -0.39 is 94.7 Å². The number of aliphatic hydroxyl groups excluding tert-OH is 2. The van der Waals surface area contributed by atoms with Crippen LogP contribution in [0.2, 0.25) is 0 Å². The number of rotatable bonds is 9. The molecule has 3 fully saturated rings. The number of carbonyl (C=O) groups excluding carboxylic acids is 3. The Hall–Kier alpha value is -2.54.